The maximum atomic E-state index is 14.8. The Morgan fingerprint density at radius 2 is 1.90 bits per heavy atom. The maximum Gasteiger partial charge on any atom is 0.433 e. The number of aromatic hydroxyl groups is 1. The molecule has 1 aliphatic heterocycles. The third-order valence-corrected chi connectivity index (χ3v) is 5.38. The Balaban J connectivity index is 1.85. The van der Waals surface area contributed by atoms with Gasteiger partial charge < -0.3 is 14.3 Å². The van der Waals surface area contributed by atoms with Crippen molar-refractivity contribution in [2.45, 2.75) is 39.2 Å². The second-order valence-corrected chi connectivity index (χ2v) is 8.28. The van der Waals surface area contributed by atoms with Gasteiger partial charge in [-0.05, 0) is 61.2 Å². The predicted octanol–water partition coefficient (Wildman–Crippen LogP) is 5.68. The van der Waals surface area contributed by atoms with Gasteiger partial charge in [-0.25, -0.2) is 4.39 Å². The van der Waals surface area contributed by atoms with Crippen LogP contribution in [0.2, 0.25) is 0 Å². The van der Waals surface area contributed by atoms with Crippen molar-refractivity contribution in [3.05, 3.63) is 74.8 Å². The van der Waals surface area contributed by atoms with E-state index in [0.717, 1.165) is 11.6 Å². The van der Waals surface area contributed by atoms with Crippen LogP contribution in [0.5, 0.6) is 11.5 Å². The highest BCUT2D eigenvalue weighted by Gasteiger charge is 2.36. The molecule has 1 N–H and O–H groups in total. The van der Waals surface area contributed by atoms with Gasteiger partial charge in [-0.3, -0.25) is 14.9 Å². The molecular weight excluding hydrogens is 405 g/mol. The molecule has 2 heterocycles. The molecule has 0 amide bonds. The molecule has 0 unspecified atom stereocenters. The molecule has 0 spiro atoms. The van der Waals surface area contributed by atoms with Gasteiger partial charge >= 0.3 is 5.88 Å². The second kappa shape index (κ2) is 6.94. The normalized spacial score (nSPS) is 14.0. The van der Waals surface area contributed by atoms with Crippen molar-refractivity contribution in [2.75, 3.05) is 0 Å². The molecule has 2 aromatic carbocycles. The minimum Gasteiger partial charge on any atom is -0.507 e. The number of furan rings is 1. The molecule has 7 nitrogen and oxygen atoms in total. The molecule has 1 aromatic heterocycles. The number of hydrogen-bond acceptors (Lipinski definition) is 6. The predicted molar refractivity (Wildman–Crippen MR) is 110 cm³/mol. The van der Waals surface area contributed by atoms with Crippen molar-refractivity contribution in [1.82, 2.24) is 0 Å². The fourth-order valence-electron chi connectivity index (χ4n) is 3.84. The van der Waals surface area contributed by atoms with E-state index in [-0.39, 0.29) is 40.1 Å². The van der Waals surface area contributed by atoms with E-state index in [1.54, 1.807) is 6.07 Å². The summed E-state index contributed by atoms with van der Waals surface area (Å²) in [5, 5.41) is 21.5. The van der Waals surface area contributed by atoms with Gasteiger partial charge in [0.05, 0.1) is 11.6 Å². The Bertz CT molecular complexity index is 1240. The first-order chi connectivity index (χ1) is 14.5. The van der Waals surface area contributed by atoms with Crippen molar-refractivity contribution in [3.8, 4) is 22.6 Å². The number of nitrogens with zero attached hydrogens (tertiary/aromatic N) is 1. The van der Waals surface area contributed by atoms with Crippen LogP contribution in [-0.2, 0) is 5.60 Å². The minimum absolute atomic E-state index is 0.0269. The number of hydrogen-bond donors (Lipinski definition) is 1. The van der Waals surface area contributed by atoms with E-state index in [4.69, 9.17) is 9.15 Å². The summed E-state index contributed by atoms with van der Waals surface area (Å²) in [6.07, 6.45) is 0. The highest BCUT2D eigenvalue weighted by atomic mass is 19.1. The van der Waals surface area contributed by atoms with Gasteiger partial charge in [-0.1, -0.05) is 13.8 Å². The van der Waals surface area contributed by atoms with Gasteiger partial charge in [-0.15, -0.1) is 0 Å². The molecule has 0 radical (unpaired) electrons. The summed E-state index contributed by atoms with van der Waals surface area (Å²) in [6.45, 7) is 7.42. The third-order valence-electron chi connectivity index (χ3n) is 5.38. The summed E-state index contributed by atoms with van der Waals surface area (Å²) in [6, 6.07) is 8.04. The van der Waals surface area contributed by atoms with Crippen LogP contribution < -0.4 is 4.74 Å². The zero-order valence-corrected chi connectivity index (χ0v) is 17.4. The van der Waals surface area contributed by atoms with Gasteiger partial charge in [0.1, 0.15) is 27.8 Å². The van der Waals surface area contributed by atoms with E-state index in [0.29, 0.717) is 11.1 Å². The van der Waals surface area contributed by atoms with E-state index >= 15 is 0 Å². The molecule has 31 heavy (non-hydrogen) atoms. The number of carbonyl (C=O) groups is 1. The Morgan fingerprint density at radius 3 is 2.52 bits per heavy atom. The molecule has 160 valence electrons. The summed E-state index contributed by atoms with van der Waals surface area (Å²) in [4.78, 5) is 22.8. The number of ketones is 1. The summed E-state index contributed by atoms with van der Waals surface area (Å²) in [5.41, 5.74) is 1.21. The van der Waals surface area contributed by atoms with Crippen LogP contribution in [0.4, 0.5) is 10.3 Å². The zero-order chi connectivity index (χ0) is 22.7. The first-order valence-corrected chi connectivity index (χ1v) is 9.69. The average Bonchev–Trinajstić information content (AvgIpc) is 3.16. The van der Waals surface area contributed by atoms with Gasteiger partial charge in [0, 0.05) is 11.1 Å². The van der Waals surface area contributed by atoms with Crippen molar-refractivity contribution < 1.29 is 28.4 Å². The molecule has 0 aliphatic carbocycles. The molecule has 0 bridgehead atoms. The SMILES string of the molecule is CC(C)c1cc2c(cc1F)-c1c(O)cc(C(=O)c3ccc([N+](=O)[O-])o3)cc1OC2(C)C. The van der Waals surface area contributed by atoms with Crippen molar-refractivity contribution >= 4 is 11.7 Å². The number of ether oxygens (including phenoxy) is 1. The monoisotopic (exact) mass is 425 g/mol. The number of nitro groups is 1. The van der Waals surface area contributed by atoms with Crippen LogP contribution in [0.25, 0.3) is 11.1 Å². The minimum atomic E-state index is -0.850. The average molecular weight is 425 g/mol. The third kappa shape index (κ3) is 3.34. The van der Waals surface area contributed by atoms with Gasteiger partial charge in [0.25, 0.3) is 0 Å². The van der Waals surface area contributed by atoms with Crippen LogP contribution >= 0.6 is 0 Å². The lowest BCUT2D eigenvalue weighted by molar-refractivity contribution is -0.402. The first-order valence-electron chi connectivity index (χ1n) is 9.69. The van der Waals surface area contributed by atoms with E-state index in [1.807, 2.05) is 27.7 Å². The molecule has 0 atom stereocenters. The lowest BCUT2D eigenvalue weighted by Crippen LogP contribution is -2.30. The van der Waals surface area contributed by atoms with E-state index in [2.05, 4.69) is 0 Å². The summed E-state index contributed by atoms with van der Waals surface area (Å²) in [5.74, 6) is -1.94. The first kappa shape index (κ1) is 20.6. The Hall–Kier alpha value is -3.68. The summed E-state index contributed by atoms with van der Waals surface area (Å²) >= 11 is 0. The molecule has 3 aromatic rings. The van der Waals surface area contributed by atoms with Gasteiger partial charge in [0.15, 0.2) is 5.76 Å². The highest BCUT2D eigenvalue weighted by Crippen LogP contribution is 2.50. The van der Waals surface area contributed by atoms with Gasteiger partial charge in [0.2, 0.25) is 5.78 Å². The largest absolute Gasteiger partial charge is 0.507 e. The van der Waals surface area contributed by atoms with E-state index < -0.39 is 22.2 Å². The molecule has 0 fully saturated rings. The summed E-state index contributed by atoms with van der Waals surface area (Å²) in [7, 11) is 0. The fraction of sp³-hybridized carbons (Fsp3) is 0.261. The smallest absolute Gasteiger partial charge is 0.433 e. The molecule has 8 heteroatoms. The lowest BCUT2D eigenvalue weighted by atomic mass is 9.82. The molecule has 1 aliphatic rings. The maximum absolute atomic E-state index is 14.8. The Labute approximate surface area is 177 Å². The van der Waals surface area contributed by atoms with Crippen LogP contribution in [0, 0.1) is 15.9 Å². The number of phenols is 1. The summed E-state index contributed by atoms with van der Waals surface area (Å²) < 4.78 is 25.8. The van der Waals surface area contributed by atoms with Crippen LogP contribution in [0.1, 0.15) is 60.9 Å². The molecule has 0 saturated carbocycles. The van der Waals surface area contributed by atoms with E-state index in [1.165, 1.54) is 24.3 Å². The van der Waals surface area contributed by atoms with Crippen LogP contribution in [0.15, 0.2) is 40.8 Å². The number of carbonyl (C=O) groups excluding carboxylic acids is 1. The van der Waals surface area contributed by atoms with Crippen molar-refractivity contribution in [3.63, 3.8) is 0 Å². The van der Waals surface area contributed by atoms with Crippen LogP contribution in [0.3, 0.4) is 0 Å². The quantitative estimate of drug-likeness (QED) is 0.328. The lowest BCUT2D eigenvalue weighted by Gasteiger charge is -2.36. The van der Waals surface area contributed by atoms with Crippen molar-refractivity contribution in [2.24, 2.45) is 0 Å². The number of rotatable bonds is 4. The molecule has 4 rings (SSSR count). The number of fused-ring (bicyclic) bond motifs is 3. The molecule has 0 saturated heterocycles. The van der Waals surface area contributed by atoms with Crippen molar-refractivity contribution in [1.29, 1.82) is 0 Å². The Kier molecular flexibility index (Phi) is 4.61. The zero-order valence-electron chi connectivity index (χ0n) is 17.4. The standard InChI is InChI=1S/C23H20FNO6/c1-11(2)13-9-15-14(10-16(13)24)21-17(26)7-12(8-19(21)31-23(15,3)4)22(27)18-5-6-20(30-18)25(28)29/h5-11,26H,1-4H3. The van der Waals surface area contributed by atoms with Gasteiger partial charge in [-0.2, -0.15) is 0 Å². The highest BCUT2D eigenvalue weighted by molar-refractivity contribution is 6.08. The topological polar surface area (TPSA) is 103 Å². The number of phenolic OH excluding ortho intramolecular Hbond substituents is 1. The van der Waals surface area contributed by atoms with E-state index in [9.17, 15) is 24.4 Å². The number of benzene rings is 2. The Morgan fingerprint density at radius 1 is 1.19 bits per heavy atom. The number of halogens is 1. The molecular formula is C23H20FNO6. The second-order valence-electron chi connectivity index (χ2n) is 8.28. The fourth-order valence-corrected chi connectivity index (χ4v) is 3.84. The van der Waals surface area contributed by atoms with Crippen LogP contribution in [-0.4, -0.2) is 15.8 Å².